The van der Waals surface area contributed by atoms with Crippen molar-refractivity contribution >= 4 is 76.9 Å². The summed E-state index contributed by atoms with van der Waals surface area (Å²) in [5, 5.41) is 62.0. The van der Waals surface area contributed by atoms with E-state index in [-0.39, 0.29) is 31.1 Å². The average molecular weight is 1170 g/mol. The summed E-state index contributed by atoms with van der Waals surface area (Å²) in [6.45, 7) is 8.62. The highest BCUT2D eigenvalue weighted by Crippen LogP contribution is 2.12. The number of aliphatic hydroxyl groups excluding tert-OH is 2. The second-order valence-electron chi connectivity index (χ2n) is 20.9. The lowest BCUT2D eigenvalue weighted by molar-refractivity contribution is -0.143. The molecule has 0 aromatic heterocycles. The van der Waals surface area contributed by atoms with Gasteiger partial charge in [-0.15, -0.1) is 0 Å². The molecule has 458 valence electrons. The van der Waals surface area contributed by atoms with Gasteiger partial charge in [0.15, 0.2) is 0 Å². The topological polar surface area (TPSA) is 475 Å². The number of carbonyl (C=O) groups is 13. The first-order valence-corrected chi connectivity index (χ1v) is 26.7. The molecule has 83 heavy (non-hydrogen) atoms. The van der Waals surface area contributed by atoms with Crippen LogP contribution in [-0.4, -0.2) is 178 Å². The third-order valence-corrected chi connectivity index (χ3v) is 12.3. The molecule has 0 radical (unpaired) electrons. The molecule has 0 bridgehead atoms. The van der Waals surface area contributed by atoms with Gasteiger partial charge in [-0.1, -0.05) is 102 Å². The van der Waals surface area contributed by atoms with Gasteiger partial charge in [-0.05, 0) is 48.6 Å². The van der Waals surface area contributed by atoms with Gasteiger partial charge in [0.2, 0.25) is 65.0 Å². The van der Waals surface area contributed by atoms with Crippen molar-refractivity contribution < 1.29 is 82.8 Å². The maximum Gasteiger partial charge on any atom is 0.328 e. The summed E-state index contributed by atoms with van der Waals surface area (Å²) < 4.78 is 0. The Morgan fingerprint density at radius 1 is 0.446 bits per heavy atom. The summed E-state index contributed by atoms with van der Waals surface area (Å²) in [6.07, 6.45) is -2.16. The van der Waals surface area contributed by atoms with Crippen LogP contribution in [0, 0.1) is 17.8 Å². The summed E-state index contributed by atoms with van der Waals surface area (Å²) in [5.41, 5.74) is 12.3. The zero-order valence-corrected chi connectivity index (χ0v) is 47.4. The van der Waals surface area contributed by atoms with Crippen molar-refractivity contribution in [3.63, 3.8) is 0 Å². The number of hydrogen-bond donors (Lipinski definition) is 16. The number of nitrogens with two attached hydrogens (primary N) is 2. The fraction of sp³-hybridized carbons (Fsp3) is 0.537. The highest BCUT2D eigenvalue weighted by atomic mass is 16.4. The lowest BCUT2D eigenvalue weighted by Gasteiger charge is -2.28. The average Bonchev–Trinajstić information content (AvgIpc) is 3.42. The Bertz CT molecular complexity index is 2570. The van der Waals surface area contributed by atoms with Gasteiger partial charge in [0.25, 0.3) is 0 Å². The Kier molecular flexibility index (Phi) is 30.0. The molecule has 0 aliphatic carbocycles. The van der Waals surface area contributed by atoms with Crippen LogP contribution in [0.5, 0.6) is 0 Å². The van der Waals surface area contributed by atoms with Crippen molar-refractivity contribution in [2.75, 3.05) is 19.8 Å². The van der Waals surface area contributed by atoms with Gasteiger partial charge in [0.1, 0.15) is 54.4 Å². The van der Waals surface area contributed by atoms with Crippen LogP contribution in [0.2, 0.25) is 0 Å². The highest BCUT2D eigenvalue weighted by Gasteiger charge is 2.36. The normalized spacial score (nSPS) is 14.7. The molecule has 10 atom stereocenters. The SMILES string of the molecule is CC(C)C[C@H](NC(=O)[C@H](Cc1ccccc1)NC(=O)[C@H](CC(=O)O)NC(=O)[C@H](CO)NC(=O)[C@H](C)NC(=O)[C@@H](N)CC(C)C)C(=O)N[C@@H](Cc1ccccc1)C(=O)N[C@@H](CC(N)=O)C(=O)NCC(=O)N[C@H](C(=O)N[C@@H](CO)C(=O)O)C(C)C. The molecule has 0 heterocycles. The van der Waals surface area contributed by atoms with E-state index >= 15 is 0 Å². The predicted octanol–water partition coefficient (Wildman–Crippen LogP) is -4.53. The number of hydrogen-bond acceptors (Lipinski definition) is 16. The van der Waals surface area contributed by atoms with Crippen molar-refractivity contribution in [3.05, 3.63) is 71.8 Å². The van der Waals surface area contributed by atoms with Gasteiger partial charge >= 0.3 is 11.9 Å². The molecule has 0 fully saturated rings. The van der Waals surface area contributed by atoms with Crippen molar-refractivity contribution in [3.8, 4) is 0 Å². The maximum atomic E-state index is 14.4. The Morgan fingerprint density at radius 2 is 0.855 bits per heavy atom. The number of amides is 11. The second-order valence-corrected chi connectivity index (χ2v) is 20.9. The molecular formula is C54H80N12O17. The van der Waals surface area contributed by atoms with Crippen molar-refractivity contribution in [1.29, 1.82) is 0 Å². The van der Waals surface area contributed by atoms with Crippen LogP contribution in [0.3, 0.4) is 0 Å². The Balaban J connectivity index is 2.43. The summed E-state index contributed by atoms with van der Waals surface area (Å²) in [6, 6.07) is 1.04. The van der Waals surface area contributed by atoms with Gasteiger partial charge < -0.3 is 85.1 Å². The molecule has 18 N–H and O–H groups in total. The molecule has 11 amide bonds. The van der Waals surface area contributed by atoms with E-state index in [1.54, 1.807) is 74.5 Å². The third-order valence-electron chi connectivity index (χ3n) is 12.3. The monoisotopic (exact) mass is 1170 g/mol. The smallest absolute Gasteiger partial charge is 0.328 e. The van der Waals surface area contributed by atoms with Gasteiger partial charge in [-0.2, -0.15) is 0 Å². The number of aliphatic hydroxyl groups is 2. The number of carbonyl (C=O) groups excluding carboxylic acids is 11. The minimum atomic E-state index is -1.93. The number of rotatable bonds is 36. The minimum absolute atomic E-state index is 0.0545. The van der Waals surface area contributed by atoms with Gasteiger partial charge in [-0.3, -0.25) is 57.5 Å². The molecule has 0 aliphatic rings. The maximum absolute atomic E-state index is 14.4. The van der Waals surface area contributed by atoms with Crippen molar-refractivity contribution in [1.82, 2.24) is 53.2 Å². The van der Waals surface area contributed by atoms with Crippen LogP contribution in [0.4, 0.5) is 0 Å². The number of carboxylic acid groups (broad SMARTS) is 2. The largest absolute Gasteiger partial charge is 0.481 e. The summed E-state index contributed by atoms with van der Waals surface area (Å²) >= 11 is 0. The van der Waals surface area contributed by atoms with E-state index in [2.05, 4.69) is 53.2 Å². The molecule has 2 rings (SSSR count). The number of carboxylic acids is 2. The first kappa shape index (κ1) is 70.5. The molecule has 0 aliphatic heterocycles. The fourth-order valence-electron chi connectivity index (χ4n) is 7.97. The van der Waals surface area contributed by atoms with Gasteiger partial charge in [0, 0.05) is 12.8 Å². The molecule has 0 spiro atoms. The predicted molar refractivity (Wildman–Crippen MR) is 296 cm³/mol. The second kappa shape index (κ2) is 35.3. The number of primary amides is 1. The van der Waals surface area contributed by atoms with E-state index in [1.165, 1.54) is 20.8 Å². The molecule has 0 saturated heterocycles. The Hall–Kier alpha value is -8.57. The molecule has 2 aromatic rings. The molecular weight excluding hydrogens is 1090 g/mol. The van der Waals surface area contributed by atoms with Crippen LogP contribution in [0.15, 0.2) is 60.7 Å². The zero-order chi connectivity index (χ0) is 62.7. The van der Waals surface area contributed by atoms with E-state index in [0.717, 1.165) is 0 Å². The van der Waals surface area contributed by atoms with Crippen LogP contribution in [-0.2, 0) is 75.2 Å². The Labute approximate surface area is 479 Å². The number of aliphatic carboxylic acids is 2. The van der Waals surface area contributed by atoms with E-state index in [0.29, 0.717) is 17.5 Å². The molecule has 0 saturated carbocycles. The standard InChI is InChI=1S/C54H80N12O17/c1-27(2)18-33(55)46(74)58-30(7)45(73)64-39(25-67)52(80)63-38(23-43(71)72)51(79)61-35(20-31-14-10-8-11-15-31)49(77)59-34(19-28(3)4)48(76)60-36(21-32-16-12-9-13-17-32)50(78)62-37(22-41(56)69)47(75)57-24-42(70)66-44(29(5)6)53(81)65-40(26-68)54(82)83/h8-17,27-30,33-40,44,67-68H,18-26,55H2,1-7H3,(H2,56,69)(H,57,75)(H,58,74)(H,59,77)(H,60,76)(H,61,79)(H,62,78)(H,63,80)(H,64,73)(H,65,81)(H,66,70)(H,71,72)(H,82,83)/t30-,33-,34-,35-,36-,37-,38-,39-,40-,44-/m0/s1. The van der Waals surface area contributed by atoms with Crippen molar-refractivity contribution in [2.45, 2.75) is 147 Å². The first-order chi connectivity index (χ1) is 39.0. The van der Waals surface area contributed by atoms with E-state index in [1.807, 2.05) is 13.8 Å². The van der Waals surface area contributed by atoms with Gasteiger partial charge in [0.05, 0.1) is 38.6 Å². The zero-order valence-electron chi connectivity index (χ0n) is 47.4. The highest BCUT2D eigenvalue weighted by molar-refractivity contribution is 6.00. The van der Waals surface area contributed by atoms with Crippen LogP contribution in [0.25, 0.3) is 0 Å². The summed E-state index contributed by atoms with van der Waals surface area (Å²) in [5.74, 6) is -15.1. The Morgan fingerprint density at radius 3 is 1.29 bits per heavy atom. The fourth-order valence-corrected chi connectivity index (χ4v) is 7.97. The van der Waals surface area contributed by atoms with Crippen LogP contribution < -0.4 is 64.6 Å². The van der Waals surface area contributed by atoms with E-state index < -0.39 is 176 Å². The summed E-state index contributed by atoms with van der Waals surface area (Å²) in [4.78, 5) is 171. The number of benzene rings is 2. The van der Waals surface area contributed by atoms with E-state index in [9.17, 15) is 82.8 Å². The minimum Gasteiger partial charge on any atom is -0.481 e. The molecule has 2 aromatic carbocycles. The van der Waals surface area contributed by atoms with Crippen LogP contribution in [0.1, 0.15) is 85.3 Å². The number of nitrogens with one attached hydrogen (secondary N) is 10. The molecule has 29 nitrogen and oxygen atoms in total. The molecule has 0 unspecified atom stereocenters. The lowest BCUT2D eigenvalue weighted by Crippen LogP contribution is -2.61. The third kappa shape index (κ3) is 25.8. The van der Waals surface area contributed by atoms with Crippen molar-refractivity contribution in [2.24, 2.45) is 29.2 Å². The first-order valence-electron chi connectivity index (χ1n) is 26.7. The summed E-state index contributed by atoms with van der Waals surface area (Å²) in [7, 11) is 0. The van der Waals surface area contributed by atoms with Gasteiger partial charge in [-0.25, -0.2) is 4.79 Å². The quantitative estimate of drug-likeness (QED) is 0.0306. The van der Waals surface area contributed by atoms with Crippen LogP contribution >= 0.6 is 0 Å². The molecule has 29 heteroatoms. The lowest BCUT2D eigenvalue weighted by atomic mass is 9.99. The van der Waals surface area contributed by atoms with E-state index in [4.69, 9.17) is 11.5 Å².